The van der Waals surface area contributed by atoms with Crippen LogP contribution in [0.25, 0.3) is 10.8 Å². The minimum atomic E-state index is -0.132. The van der Waals surface area contributed by atoms with Crippen molar-refractivity contribution in [2.75, 3.05) is 42.5 Å². The van der Waals surface area contributed by atoms with Crippen LogP contribution < -0.4 is 9.80 Å². The van der Waals surface area contributed by atoms with Gasteiger partial charge in [0, 0.05) is 66.0 Å². The van der Waals surface area contributed by atoms with E-state index in [0.29, 0.717) is 17.7 Å². The SMILES string of the molecule is CCCCN1C(=O)c2ccc(N3CCCC3)c3c(N4CCCC4)ccc(c23)C1=O. The minimum absolute atomic E-state index is 0.132. The van der Waals surface area contributed by atoms with Crippen LogP contribution in [0, 0.1) is 0 Å². The molecule has 0 radical (unpaired) electrons. The molecule has 2 aromatic carbocycles. The highest BCUT2D eigenvalue weighted by Crippen LogP contribution is 2.43. The Morgan fingerprint density at radius 1 is 0.724 bits per heavy atom. The summed E-state index contributed by atoms with van der Waals surface area (Å²) >= 11 is 0. The number of hydrogen-bond donors (Lipinski definition) is 0. The Bertz CT molecular complexity index is 901. The Labute approximate surface area is 172 Å². The molecule has 0 aliphatic carbocycles. The zero-order valence-corrected chi connectivity index (χ0v) is 17.2. The van der Waals surface area contributed by atoms with Gasteiger partial charge in [0.1, 0.15) is 0 Å². The fourth-order valence-electron chi connectivity index (χ4n) is 5.16. The quantitative estimate of drug-likeness (QED) is 0.707. The normalized spacial score (nSPS) is 19.1. The lowest BCUT2D eigenvalue weighted by Gasteiger charge is -2.32. The van der Waals surface area contributed by atoms with Gasteiger partial charge in [-0.3, -0.25) is 14.5 Å². The molecule has 3 heterocycles. The van der Waals surface area contributed by atoms with Crippen LogP contribution in [0.4, 0.5) is 11.4 Å². The number of anilines is 2. The van der Waals surface area contributed by atoms with E-state index in [0.717, 1.165) is 49.8 Å². The number of nitrogens with zero attached hydrogens (tertiary/aromatic N) is 3. The number of hydrogen-bond acceptors (Lipinski definition) is 4. The monoisotopic (exact) mass is 391 g/mol. The van der Waals surface area contributed by atoms with Crippen LogP contribution in [0.3, 0.4) is 0 Å². The molecule has 2 aromatic rings. The van der Waals surface area contributed by atoms with E-state index >= 15 is 0 Å². The summed E-state index contributed by atoms with van der Waals surface area (Å²) in [6.07, 6.45) is 6.60. The highest BCUT2D eigenvalue weighted by Gasteiger charge is 2.35. The maximum absolute atomic E-state index is 13.3. The van der Waals surface area contributed by atoms with Crippen molar-refractivity contribution in [1.29, 1.82) is 0 Å². The summed E-state index contributed by atoms with van der Waals surface area (Å²) in [5, 5.41) is 1.99. The largest absolute Gasteiger partial charge is 0.371 e. The van der Waals surface area contributed by atoms with E-state index in [-0.39, 0.29) is 11.8 Å². The van der Waals surface area contributed by atoms with Crippen LogP contribution in [0.5, 0.6) is 0 Å². The van der Waals surface area contributed by atoms with Crippen LogP contribution >= 0.6 is 0 Å². The van der Waals surface area contributed by atoms with E-state index in [1.54, 1.807) is 0 Å². The van der Waals surface area contributed by atoms with Crippen LogP contribution in [0.2, 0.25) is 0 Å². The second kappa shape index (κ2) is 7.36. The van der Waals surface area contributed by atoms with Crippen molar-refractivity contribution in [2.24, 2.45) is 0 Å². The fourth-order valence-corrected chi connectivity index (χ4v) is 5.16. The predicted octanol–water partition coefficient (Wildman–Crippen LogP) is 4.44. The Kier molecular flexibility index (Phi) is 4.69. The van der Waals surface area contributed by atoms with Gasteiger partial charge in [0.25, 0.3) is 11.8 Å². The molecule has 2 saturated heterocycles. The van der Waals surface area contributed by atoms with Gasteiger partial charge in [-0.2, -0.15) is 0 Å². The third-order valence-electron chi connectivity index (χ3n) is 6.70. The second-order valence-electron chi connectivity index (χ2n) is 8.52. The Morgan fingerprint density at radius 3 is 1.66 bits per heavy atom. The first-order valence-electron chi connectivity index (χ1n) is 11.2. The molecule has 0 spiro atoms. The van der Waals surface area contributed by atoms with Gasteiger partial charge in [0.05, 0.1) is 0 Å². The summed E-state index contributed by atoms with van der Waals surface area (Å²) in [7, 11) is 0. The zero-order chi connectivity index (χ0) is 20.0. The molecule has 29 heavy (non-hydrogen) atoms. The van der Waals surface area contributed by atoms with E-state index in [2.05, 4.69) is 28.9 Å². The summed E-state index contributed by atoms with van der Waals surface area (Å²) in [6, 6.07) is 8.16. The molecule has 0 atom stereocenters. The summed E-state index contributed by atoms with van der Waals surface area (Å²) in [4.78, 5) is 32.8. The molecule has 0 unspecified atom stereocenters. The molecule has 0 saturated carbocycles. The van der Waals surface area contributed by atoms with Gasteiger partial charge < -0.3 is 9.80 Å². The van der Waals surface area contributed by atoms with E-state index < -0.39 is 0 Å². The number of amides is 2. The average molecular weight is 392 g/mol. The zero-order valence-electron chi connectivity index (χ0n) is 17.2. The van der Waals surface area contributed by atoms with Gasteiger partial charge in [-0.05, 0) is 56.4 Å². The number of benzene rings is 2. The third-order valence-corrected chi connectivity index (χ3v) is 6.70. The van der Waals surface area contributed by atoms with E-state index in [1.807, 2.05) is 12.1 Å². The van der Waals surface area contributed by atoms with Crippen molar-refractivity contribution in [1.82, 2.24) is 4.90 Å². The van der Waals surface area contributed by atoms with Crippen LogP contribution in [-0.2, 0) is 0 Å². The fraction of sp³-hybridized carbons (Fsp3) is 0.500. The third kappa shape index (κ3) is 2.90. The summed E-state index contributed by atoms with van der Waals surface area (Å²) in [6.45, 7) is 6.76. The van der Waals surface area contributed by atoms with Crippen molar-refractivity contribution in [3.05, 3.63) is 35.4 Å². The average Bonchev–Trinajstić information content (AvgIpc) is 3.45. The topological polar surface area (TPSA) is 43.9 Å². The first-order chi connectivity index (χ1) is 14.2. The lowest BCUT2D eigenvalue weighted by Crippen LogP contribution is -2.41. The Balaban J connectivity index is 1.73. The number of unbranched alkanes of at least 4 members (excludes halogenated alkanes) is 1. The summed E-state index contributed by atoms with van der Waals surface area (Å²) < 4.78 is 0. The van der Waals surface area contributed by atoms with Crippen molar-refractivity contribution < 1.29 is 9.59 Å². The summed E-state index contributed by atoms with van der Waals surface area (Å²) in [5.41, 5.74) is 3.75. The molecule has 2 fully saturated rings. The standard InChI is InChI=1S/C24H29N3O2/c1-2-3-16-27-23(28)17-8-10-19(25-12-4-5-13-25)22-20(26-14-6-7-15-26)11-9-18(21(17)22)24(27)29/h8-11H,2-7,12-16H2,1H3. The van der Waals surface area contributed by atoms with Crippen molar-refractivity contribution in [3.63, 3.8) is 0 Å². The molecule has 5 rings (SSSR count). The van der Waals surface area contributed by atoms with Crippen LogP contribution in [-0.4, -0.2) is 49.4 Å². The molecule has 5 nitrogen and oxygen atoms in total. The minimum Gasteiger partial charge on any atom is -0.371 e. The van der Waals surface area contributed by atoms with Gasteiger partial charge in [0.2, 0.25) is 0 Å². The number of carbonyl (C=O) groups excluding carboxylic acids is 2. The maximum Gasteiger partial charge on any atom is 0.261 e. The molecular formula is C24H29N3O2. The van der Waals surface area contributed by atoms with E-state index in [4.69, 9.17) is 0 Å². The lowest BCUT2D eigenvalue weighted by atomic mass is 9.91. The van der Waals surface area contributed by atoms with Crippen molar-refractivity contribution in [2.45, 2.75) is 45.4 Å². The van der Waals surface area contributed by atoms with Gasteiger partial charge in [0.15, 0.2) is 0 Å². The molecule has 0 N–H and O–H groups in total. The molecule has 0 aromatic heterocycles. The molecular weight excluding hydrogens is 362 g/mol. The first-order valence-corrected chi connectivity index (χ1v) is 11.2. The van der Waals surface area contributed by atoms with Crippen molar-refractivity contribution in [3.8, 4) is 0 Å². The Hall–Kier alpha value is -2.56. The smallest absolute Gasteiger partial charge is 0.261 e. The molecule has 3 aliphatic heterocycles. The molecule has 0 bridgehead atoms. The van der Waals surface area contributed by atoms with Gasteiger partial charge in [-0.15, -0.1) is 0 Å². The van der Waals surface area contributed by atoms with Gasteiger partial charge >= 0.3 is 0 Å². The Morgan fingerprint density at radius 2 is 1.21 bits per heavy atom. The second-order valence-corrected chi connectivity index (χ2v) is 8.52. The predicted molar refractivity (Wildman–Crippen MR) is 117 cm³/mol. The van der Waals surface area contributed by atoms with Crippen molar-refractivity contribution >= 4 is 34.0 Å². The maximum atomic E-state index is 13.3. The number of imide groups is 1. The number of rotatable bonds is 5. The number of carbonyl (C=O) groups is 2. The van der Waals surface area contributed by atoms with Gasteiger partial charge in [-0.1, -0.05) is 13.3 Å². The van der Waals surface area contributed by atoms with Gasteiger partial charge in [-0.25, -0.2) is 0 Å². The molecule has 5 heteroatoms. The van der Waals surface area contributed by atoms with E-state index in [1.165, 1.54) is 42.0 Å². The highest BCUT2D eigenvalue weighted by atomic mass is 16.2. The first kappa shape index (κ1) is 18.5. The molecule has 3 aliphatic rings. The van der Waals surface area contributed by atoms with Crippen LogP contribution in [0.1, 0.15) is 66.2 Å². The highest BCUT2D eigenvalue weighted by molar-refractivity contribution is 6.28. The lowest BCUT2D eigenvalue weighted by molar-refractivity contribution is 0.0608. The van der Waals surface area contributed by atoms with Crippen LogP contribution in [0.15, 0.2) is 24.3 Å². The van der Waals surface area contributed by atoms with E-state index in [9.17, 15) is 9.59 Å². The molecule has 2 amide bonds. The summed E-state index contributed by atoms with van der Waals surface area (Å²) in [5.74, 6) is -0.264. The molecule has 152 valence electrons.